The second-order valence-electron chi connectivity index (χ2n) is 7.26. The van der Waals surface area contributed by atoms with Crippen LogP contribution in [0.5, 0.6) is 11.5 Å². The fraction of sp³-hybridized carbons (Fsp3) is 0.364. The van der Waals surface area contributed by atoms with Gasteiger partial charge in [0.1, 0.15) is 11.5 Å². The van der Waals surface area contributed by atoms with Gasteiger partial charge in [0, 0.05) is 24.3 Å². The van der Waals surface area contributed by atoms with E-state index in [2.05, 4.69) is 19.2 Å². The summed E-state index contributed by atoms with van der Waals surface area (Å²) in [6.07, 6.45) is 0.939. The highest BCUT2D eigenvalue weighted by atomic mass is 16.5. The molecular formula is C22H26N2O4. The number of carbonyl (C=O) groups is 2. The van der Waals surface area contributed by atoms with E-state index >= 15 is 0 Å². The SMILES string of the molecule is CC(C)CCN1Cc2cc(NC(=O)COc3ccccc3)ccc2OCC1=O. The second kappa shape index (κ2) is 9.26. The van der Waals surface area contributed by atoms with Gasteiger partial charge in [0.15, 0.2) is 13.2 Å². The number of ether oxygens (including phenoxy) is 2. The molecule has 0 bridgehead atoms. The molecule has 0 unspecified atom stereocenters. The molecule has 6 nitrogen and oxygen atoms in total. The zero-order valence-corrected chi connectivity index (χ0v) is 16.3. The summed E-state index contributed by atoms with van der Waals surface area (Å²) < 4.78 is 11.1. The monoisotopic (exact) mass is 382 g/mol. The van der Waals surface area contributed by atoms with Crippen molar-refractivity contribution in [3.8, 4) is 11.5 Å². The first-order valence-corrected chi connectivity index (χ1v) is 9.52. The van der Waals surface area contributed by atoms with E-state index in [0.29, 0.717) is 36.2 Å². The number of carbonyl (C=O) groups excluding carboxylic acids is 2. The van der Waals surface area contributed by atoms with E-state index in [4.69, 9.17) is 9.47 Å². The van der Waals surface area contributed by atoms with Crippen LogP contribution in [0.2, 0.25) is 0 Å². The van der Waals surface area contributed by atoms with Crippen molar-refractivity contribution in [1.82, 2.24) is 4.90 Å². The van der Waals surface area contributed by atoms with Crippen molar-refractivity contribution in [2.75, 3.05) is 25.1 Å². The third kappa shape index (κ3) is 5.49. The maximum Gasteiger partial charge on any atom is 0.262 e. The van der Waals surface area contributed by atoms with Gasteiger partial charge in [-0.15, -0.1) is 0 Å². The molecule has 0 atom stereocenters. The molecule has 3 rings (SSSR count). The molecule has 0 spiro atoms. The number of nitrogens with one attached hydrogen (secondary N) is 1. The van der Waals surface area contributed by atoms with Crippen LogP contribution in [0, 0.1) is 5.92 Å². The molecule has 0 radical (unpaired) electrons. The number of anilines is 1. The highest BCUT2D eigenvalue weighted by Crippen LogP contribution is 2.27. The Labute approximate surface area is 165 Å². The fourth-order valence-electron chi connectivity index (χ4n) is 2.93. The van der Waals surface area contributed by atoms with Gasteiger partial charge >= 0.3 is 0 Å². The number of para-hydroxylation sites is 1. The lowest BCUT2D eigenvalue weighted by Crippen LogP contribution is -2.33. The molecule has 0 saturated carbocycles. The summed E-state index contributed by atoms with van der Waals surface area (Å²) in [5.41, 5.74) is 1.54. The number of amides is 2. The number of fused-ring (bicyclic) bond motifs is 1. The first-order chi connectivity index (χ1) is 13.5. The summed E-state index contributed by atoms with van der Waals surface area (Å²) >= 11 is 0. The Hall–Kier alpha value is -3.02. The molecule has 2 aromatic carbocycles. The van der Waals surface area contributed by atoms with E-state index in [1.165, 1.54) is 0 Å². The van der Waals surface area contributed by atoms with Crippen LogP contribution < -0.4 is 14.8 Å². The van der Waals surface area contributed by atoms with Crippen LogP contribution in [0.15, 0.2) is 48.5 Å². The molecule has 0 aliphatic carbocycles. The van der Waals surface area contributed by atoms with Crippen LogP contribution in [0.4, 0.5) is 5.69 Å². The molecule has 2 amide bonds. The summed E-state index contributed by atoms with van der Waals surface area (Å²) in [6.45, 7) is 5.42. The van der Waals surface area contributed by atoms with Crippen molar-refractivity contribution in [2.45, 2.75) is 26.8 Å². The molecule has 0 saturated heterocycles. The molecule has 1 heterocycles. The Morgan fingerprint density at radius 3 is 2.75 bits per heavy atom. The van der Waals surface area contributed by atoms with Gasteiger partial charge in [-0.05, 0) is 42.7 Å². The molecule has 1 aliphatic rings. The molecule has 6 heteroatoms. The van der Waals surface area contributed by atoms with Crippen LogP contribution in [0.25, 0.3) is 0 Å². The van der Waals surface area contributed by atoms with Gasteiger partial charge in [-0.25, -0.2) is 0 Å². The quantitative estimate of drug-likeness (QED) is 0.796. The largest absolute Gasteiger partial charge is 0.484 e. The Bertz CT molecular complexity index is 821. The van der Waals surface area contributed by atoms with E-state index in [0.717, 1.165) is 12.0 Å². The topological polar surface area (TPSA) is 67.9 Å². The zero-order valence-electron chi connectivity index (χ0n) is 16.3. The van der Waals surface area contributed by atoms with Crippen LogP contribution in [-0.4, -0.2) is 36.5 Å². The van der Waals surface area contributed by atoms with Crippen molar-refractivity contribution in [3.63, 3.8) is 0 Å². The van der Waals surface area contributed by atoms with Crippen molar-refractivity contribution in [3.05, 3.63) is 54.1 Å². The van der Waals surface area contributed by atoms with Crippen LogP contribution in [-0.2, 0) is 16.1 Å². The lowest BCUT2D eigenvalue weighted by molar-refractivity contribution is -0.133. The number of hydrogen-bond acceptors (Lipinski definition) is 4. The highest BCUT2D eigenvalue weighted by Gasteiger charge is 2.22. The van der Waals surface area contributed by atoms with Gasteiger partial charge in [-0.1, -0.05) is 32.0 Å². The summed E-state index contributed by atoms with van der Waals surface area (Å²) in [4.78, 5) is 26.3. The van der Waals surface area contributed by atoms with Crippen molar-refractivity contribution in [1.29, 1.82) is 0 Å². The molecular weight excluding hydrogens is 356 g/mol. The molecule has 1 aliphatic heterocycles. The summed E-state index contributed by atoms with van der Waals surface area (Å²) in [6, 6.07) is 14.6. The van der Waals surface area contributed by atoms with Gasteiger partial charge in [-0.3, -0.25) is 9.59 Å². The summed E-state index contributed by atoms with van der Waals surface area (Å²) in [7, 11) is 0. The lowest BCUT2D eigenvalue weighted by Gasteiger charge is -2.21. The predicted molar refractivity (Wildman–Crippen MR) is 107 cm³/mol. The fourth-order valence-corrected chi connectivity index (χ4v) is 2.93. The van der Waals surface area contributed by atoms with Crippen LogP contribution in [0.3, 0.4) is 0 Å². The minimum Gasteiger partial charge on any atom is -0.484 e. The first-order valence-electron chi connectivity index (χ1n) is 9.52. The molecule has 1 N–H and O–H groups in total. The van der Waals surface area contributed by atoms with Crippen molar-refractivity contribution in [2.24, 2.45) is 5.92 Å². The van der Waals surface area contributed by atoms with Gasteiger partial charge < -0.3 is 19.7 Å². The smallest absolute Gasteiger partial charge is 0.262 e. The standard InChI is InChI=1S/C22H26N2O4/c1-16(2)10-11-24-13-17-12-18(8-9-20(17)28-15-22(24)26)23-21(25)14-27-19-6-4-3-5-7-19/h3-9,12,16H,10-11,13-15H2,1-2H3,(H,23,25). The van der Waals surface area contributed by atoms with Crippen LogP contribution >= 0.6 is 0 Å². The lowest BCUT2D eigenvalue weighted by atomic mass is 10.1. The van der Waals surface area contributed by atoms with E-state index in [-0.39, 0.29) is 25.0 Å². The van der Waals surface area contributed by atoms with E-state index in [1.54, 1.807) is 24.3 Å². The Balaban J connectivity index is 1.62. The average molecular weight is 382 g/mol. The number of benzene rings is 2. The van der Waals surface area contributed by atoms with E-state index in [1.807, 2.05) is 29.2 Å². The summed E-state index contributed by atoms with van der Waals surface area (Å²) in [5, 5.41) is 2.84. The highest BCUT2D eigenvalue weighted by molar-refractivity contribution is 5.92. The molecule has 148 valence electrons. The minimum atomic E-state index is -0.244. The third-order valence-electron chi connectivity index (χ3n) is 4.50. The van der Waals surface area contributed by atoms with Crippen molar-refractivity contribution >= 4 is 17.5 Å². The zero-order chi connectivity index (χ0) is 19.9. The summed E-state index contributed by atoms with van der Waals surface area (Å²) in [5.74, 6) is 1.59. The van der Waals surface area contributed by atoms with Crippen LogP contribution in [0.1, 0.15) is 25.8 Å². The van der Waals surface area contributed by atoms with Gasteiger partial charge in [0.2, 0.25) is 0 Å². The molecule has 28 heavy (non-hydrogen) atoms. The number of rotatable bonds is 7. The molecule has 0 fully saturated rings. The minimum absolute atomic E-state index is 0.0151. The maximum absolute atomic E-state index is 12.3. The van der Waals surface area contributed by atoms with Crippen molar-refractivity contribution < 1.29 is 19.1 Å². The number of hydrogen-bond donors (Lipinski definition) is 1. The van der Waals surface area contributed by atoms with E-state index in [9.17, 15) is 9.59 Å². The molecule has 2 aromatic rings. The second-order valence-corrected chi connectivity index (χ2v) is 7.26. The third-order valence-corrected chi connectivity index (χ3v) is 4.50. The van der Waals surface area contributed by atoms with Gasteiger partial charge in [0.25, 0.3) is 11.8 Å². The predicted octanol–water partition coefficient (Wildman–Crippen LogP) is 3.47. The normalized spacial score (nSPS) is 13.5. The van der Waals surface area contributed by atoms with Gasteiger partial charge in [-0.2, -0.15) is 0 Å². The van der Waals surface area contributed by atoms with E-state index < -0.39 is 0 Å². The first kappa shape index (κ1) is 19.7. The Kier molecular flexibility index (Phi) is 6.53. The van der Waals surface area contributed by atoms with Gasteiger partial charge in [0.05, 0.1) is 0 Å². The average Bonchev–Trinajstić information content (AvgIpc) is 2.84. The Morgan fingerprint density at radius 2 is 2.00 bits per heavy atom. The number of nitrogens with zero attached hydrogens (tertiary/aromatic N) is 1. The Morgan fingerprint density at radius 1 is 1.21 bits per heavy atom. The maximum atomic E-state index is 12.3. The molecule has 0 aromatic heterocycles.